The van der Waals surface area contributed by atoms with Gasteiger partial charge in [-0.05, 0) is 24.1 Å². The quantitative estimate of drug-likeness (QED) is 0.822. The van der Waals surface area contributed by atoms with Crippen LogP contribution in [0.2, 0.25) is 0 Å². The van der Waals surface area contributed by atoms with Gasteiger partial charge in [-0.2, -0.15) is 0 Å². The Labute approximate surface area is 146 Å². The van der Waals surface area contributed by atoms with Gasteiger partial charge in [-0.25, -0.2) is 13.1 Å². The molecule has 1 N–H and O–H groups in total. The van der Waals surface area contributed by atoms with Crippen molar-refractivity contribution < 1.29 is 12.6 Å². The lowest BCUT2D eigenvalue weighted by Gasteiger charge is -2.16. The summed E-state index contributed by atoms with van der Waals surface area (Å²) < 4.78 is 38.9. The molecule has 24 heavy (non-hydrogen) atoms. The molecule has 2 aromatic rings. The highest BCUT2D eigenvalue weighted by atomic mass is 32.2. The fourth-order valence-corrected chi connectivity index (χ4v) is 4.08. The van der Waals surface area contributed by atoms with Crippen LogP contribution in [0.1, 0.15) is 22.7 Å². The number of benzene rings is 2. The van der Waals surface area contributed by atoms with Gasteiger partial charge in [-0.3, -0.25) is 4.21 Å². The van der Waals surface area contributed by atoms with Crippen molar-refractivity contribution in [2.24, 2.45) is 0 Å². The molecule has 0 bridgehead atoms. The molecule has 0 aliphatic carbocycles. The Morgan fingerprint density at radius 2 is 1.71 bits per heavy atom. The van der Waals surface area contributed by atoms with E-state index in [9.17, 15) is 12.6 Å². The van der Waals surface area contributed by atoms with Crippen LogP contribution in [0.5, 0.6) is 0 Å². The lowest BCUT2D eigenvalue weighted by molar-refractivity contribution is 0.576. The van der Waals surface area contributed by atoms with Gasteiger partial charge in [-0.15, -0.1) is 0 Å². The lowest BCUT2D eigenvalue weighted by atomic mass is 10.1. The molecule has 0 aromatic heterocycles. The van der Waals surface area contributed by atoms with Crippen molar-refractivity contribution in [2.75, 3.05) is 12.0 Å². The molecule has 0 aliphatic heterocycles. The molecule has 0 fully saturated rings. The largest absolute Gasteiger partial charge is 0.260 e. The summed E-state index contributed by atoms with van der Waals surface area (Å²) in [6, 6.07) is 16.2. The van der Waals surface area contributed by atoms with Gasteiger partial charge in [0, 0.05) is 28.2 Å². The van der Waals surface area contributed by atoms with Gasteiger partial charge in [-0.1, -0.05) is 60.2 Å². The first kappa shape index (κ1) is 18.6. The van der Waals surface area contributed by atoms with E-state index < -0.39 is 26.9 Å². The number of hydrogen-bond donors (Lipinski definition) is 1. The second kappa shape index (κ2) is 8.37. The van der Waals surface area contributed by atoms with E-state index in [0.29, 0.717) is 0 Å². The summed E-state index contributed by atoms with van der Waals surface area (Å²) >= 11 is 0. The van der Waals surface area contributed by atoms with Crippen LogP contribution in [-0.2, 0) is 20.8 Å². The van der Waals surface area contributed by atoms with E-state index in [0.717, 1.165) is 22.1 Å². The average molecular weight is 364 g/mol. The maximum atomic E-state index is 12.3. The number of rotatable bonds is 7. The van der Waals surface area contributed by atoms with Crippen molar-refractivity contribution in [1.82, 2.24) is 4.72 Å². The van der Waals surface area contributed by atoms with Crippen molar-refractivity contribution in [1.29, 1.82) is 0 Å². The third-order valence-electron chi connectivity index (χ3n) is 3.43. The Morgan fingerprint density at radius 3 is 2.29 bits per heavy atom. The Morgan fingerprint density at radius 1 is 1.08 bits per heavy atom. The van der Waals surface area contributed by atoms with Crippen LogP contribution in [-0.4, -0.2) is 24.6 Å². The van der Waals surface area contributed by atoms with Gasteiger partial charge >= 0.3 is 0 Å². The molecule has 2 atom stereocenters. The fourth-order valence-electron chi connectivity index (χ4n) is 2.20. The summed E-state index contributed by atoms with van der Waals surface area (Å²) in [4.78, 5) is 0. The zero-order valence-corrected chi connectivity index (χ0v) is 15.3. The van der Waals surface area contributed by atoms with E-state index in [1.165, 1.54) is 0 Å². The molecule has 0 spiro atoms. The molecule has 2 rings (SSSR count). The zero-order valence-electron chi connectivity index (χ0n) is 13.7. The van der Waals surface area contributed by atoms with E-state index in [-0.39, 0.29) is 5.75 Å². The van der Waals surface area contributed by atoms with E-state index in [4.69, 9.17) is 0 Å². The first-order valence-corrected chi connectivity index (χ1v) is 10.7. The summed E-state index contributed by atoms with van der Waals surface area (Å²) in [5, 5.41) is 1.15. The smallest absolute Gasteiger partial charge is 0.234 e. The van der Waals surface area contributed by atoms with Crippen molar-refractivity contribution in [3.05, 3.63) is 76.7 Å². The molecule has 0 amide bonds. The lowest BCUT2D eigenvalue weighted by Crippen LogP contribution is -2.30. The van der Waals surface area contributed by atoms with Crippen LogP contribution < -0.4 is 4.72 Å². The first-order chi connectivity index (χ1) is 11.4. The molecular formula is C18H21NO3S2. The zero-order chi connectivity index (χ0) is 17.6. The van der Waals surface area contributed by atoms with Crippen LogP contribution in [0.25, 0.3) is 6.08 Å². The van der Waals surface area contributed by atoms with Gasteiger partial charge in [0.15, 0.2) is 0 Å². The monoisotopic (exact) mass is 363 g/mol. The number of aryl methyl sites for hydroxylation is 1. The average Bonchev–Trinajstić information content (AvgIpc) is 2.54. The summed E-state index contributed by atoms with van der Waals surface area (Å²) in [5.74, 6) is 0.224. The molecule has 4 nitrogen and oxygen atoms in total. The minimum atomic E-state index is -3.65. The maximum Gasteiger partial charge on any atom is 0.234 e. The second-order valence-electron chi connectivity index (χ2n) is 5.58. The third-order valence-corrected chi connectivity index (χ3v) is 5.34. The normalized spacial score (nSPS) is 14.6. The summed E-state index contributed by atoms with van der Waals surface area (Å²) in [7, 11) is -4.77. The van der Waals surface area contributed by atoms with Gasteiger partial charge in [0.05, 0.1) is 6.04 Å². The number of hydrogen-bond acceptors (Lipinski definition) is 3. The van der Waals surface area contributed by atoms with E-state index in [2.05, 4.69) is 4.72 Å². The van der Waals surface area contributed by atoms with Crippen LogP contribution in [0.3, 0.4) is 0 Å². The van der Waals surface area contributed by atoms with Crippen molar-refractivity contribution in [3.8, 4) is 0 Å². The van der Waals surface area contributed by atoms with Crippen LogP contribution >= 0.6 is 0 Å². The van der Waals surface area contributed by atoms with Gasteiger partial charge in [0.1, 0.15) is 0 Å². The van der Waals surface area contributed by atoms with Crippen LogP contribution in [0.15, 0.2) is 60.0 Å². The van der Waals surface area contributed by atoms with Crippen molar-refractivity contribution in [2.45, 2.75) is 13.0 Å². The van der Waals surface area contributed by atoms with E-state index in [1.807, 2.05) is 61.5 Å². The predicted octanol–water partition coefficient (Wildman–Crippen LogP) is 3.00. The fraction of sp³-hybridized carbons (Fsp3) is 0.222. The summed E-state index contributed by atoms with van der Waals surface area (Å²) in [6.45, 7) is 1.97. The number of sulfonamides is 1. The summed E-state index contributed by atoms with van der Waals surface area (Å²) in [6.07, 6.45) is 3.11. The highest BCUT2D eigenvalue weighted by Gasteiger charge is 2.18. The maximum absolute atomic E-state index is 12.3. The third kappa shape index (κ3) is 6.03. The molecule has 0 saturated heterocycles. The second-order valence-corrected chi connectivity index (χ2v) is 8.66. The van der Waals surface area contributed by atoms with Crippen molar-refractivity contribution >= 4 is 26.9 Å². The first-order valence-electron chi connectivity index (χ1n) is 7.48. The highest BCUT2D eigenvalue weighted by molar-refractivity contribution is 7.92. The molecule has 2 aromatic carbocycles. The van der Waals surface area contributed by atoms with Crippen LogP contribution in [0, 0.1) is 6.92 Å². The van der Waals surface area contributed by atoms with Gasteiger partial charge in [0.25, 0.3) is 0 Å². The van der Waals surface area contributed by atoms with Gasteiger partial charge < -0.3 is 0 Å². The van der Waals surface area contributed by atoms with Gasteiger partial charge in [0.2, 0.25) is 10.0 Å². The molecular weight excluding hydrogens is 342 g/mol. The molecule has 0 aliphatic rings. The van der Waals surface area contributed by atoms with E-state index in [1.54, 1.807) is 12.3 Å². The highest BCUT2D eigenvalue weighted by Crippen LogP contribution is 2.16. The SMILES string of the molecule is Cc1ccc(C=CS(=O)(=O)NC(CS(C)=O)c2ccccc2)cc1. The Balaban J connectivity index is 2.17. The Hall–Kier alpha value is -1.76. The standard InChI is InChI=1S/C18H21NO3S2/c1-15-8-10-16(11-9-15)12-13-24(21,22)19-18(14-23(2)20)17-6-4-3-5-7-17/h3-13,18-19H,14H2,1-2H3. The van der Waals surface area contributed by atoms with Crippen molar-refractivity contribution in [3.63, 3.8) is 0 Å². The molecule has 6 heteroatoms. The molecule has 0 radical (unpaired) electrons. The summed E-state index contributed by atoms with van der Waals surface area (Å²) in [5.41, 5.74) is 2.71. The minimum Gasteiger partial charge on any atom is -0.260 e. The van der Waals surface area contributed by atoms with E-state index >= 15 is 0 Å². The van der Waals surface area contributed by atoms with Crippen LogP contribution in [0.4, 0.5) is 0 Å². The number of nitrogens with one attached hydrogen (secondary N) is 1. The topological polar surface area (TPSA) is 63.2 Å². The molecule has 2 unspecified atom stereocenters. The Bertz CT molecular complexity index is 813. The molecule has 0 saturated carbocycles. The Kier molecular flexibility index (Phi) is 6.48. The molecule has 128 valence electrons. The minimum absolute atomic E-state index is 0.224. The predicted molar refractivity (Wildman–Crippen MR) is 100 cm³/mol. The molecule has 0 heterocycles.